The first-order valence-electron chi connectivity index (χ1n) is 9.42. The van der Waals surface area contributed by atoms with E-state index in [1.807, 2.05) is 23.7 Å². The molecule has 0 radical (unpaired) electrons. The van der Waals surface area contributed by atoms with Crippen molar-refractivity contribution in [2.75, 3.05) is 7.05 Å². The molecule has 4 rings (SSSR count). The summed E-state index contributed by atoms with van der Waals surface area (Å²) >= 11 is 1.50. The van der Waals surface area contributed by atoms with E-state index in [9.17, 15) is 13.2 Å². The van der Waals surface area contributed by atoms with E-state index in [1.54, 1.807) is 6.07 Å². The first-order valence-corrected chi connectivity index (χ1v) is 11.8. The van der Waals surface area contributed by atoms with E-state index < -0.39 is 10.0 Å². The van der Waals surface area contributed by atoms with E-state index in [1.165, 1.54) is 30.5 Å². The minimum absolute atomic E-state index is 0.0622. The topological polar surface area (TPSA) is 93.1 Å². The number of hydrogen-bond acceptors (Lipinski definition) is 5. The number of thiophene rings is 1. The van der Waals surface area contributed by atoms with Crippen molar-refractivity contribution in [1.29, 1.82) is 0 Å². The SMILES string of the molecule is CNS(=O)(=O)c1ccc(-c2cccs2)c(C(=O)NCc2cnc3n2CCCC3)c1. The van der Waals surface area contributed by atoms with Crippen LogP contribution in [-0.2, 0) is 29.5 Å². The summed E-state index contributed by atoms with van der Waals surface area (Å²) in [7, 11) is -2.30. The van der Waals surface area contributed by atoms with Crippen LogP contribution in [0.25, 0.3) is 10.4 Å². The molecule has 2 aromatic heterocycles. The fourth-order valence-electron chi connectivity index (χ4n) is 3.53. The molecule has 1 aromatic carbocycles. The van der Waals surface area contributed by atoms with Gasteiger partial charge in [0.15, 0.2) is 0 Å². The van der Waals surface area contributed by atoms with Crippen molar-refractivity contribution in [3.05, 3.63) is 59.0 Å². The van der Waals surface area contributed by atoms with Gasteiger partial charge < -0.3 is 9.88 Å². The summed E-state index contributed by atoms with van der Waals surface area (Å²) in [6.07, 6.45) is 5.01. The first-order chi connectivity index (χ1) is 14.0. The van der Waals surface area contributed by atoms with Crippen LogP contribution in [0.15, 0.2) is 46.8 Å². The van der Waals surface area contributed by atoms with E-state index in [-0.39, 0.29) is 10.8 Å². The Kier molecular flexibility index (Phi) is 5.53. The lowest BCUT2D eigenvalue weighted by Gasteiger charge is -2.17. The van der Waals surface area contributed by atoms with Crippen LogP contribution in [-0.4, -0.2) is 30.9 Å². The Morgan fingerprint density at radius 2 is 2.14 bits per heavy atom. The fourth-order valence-corrected chi connectivity index (χ4v) is 5.05. The standard InChI is InChI=1S/C20H22N4O3S2/c1-21-29(26,27)15-7-8-16(18-5-4-10-28-18)17(11-15)20(25)23-13-14-12-22-19-6-2-3-9-24(14)19/h4-5,7-8,10-12,21H,2-3,6,9,13H2,1H3,(H,23,25). The lowest BCUT2D eigenvalue weighted by atomic mass is 10.1. The summed E-state index contributed by atoms with van der Waals surface area (Å²) in [6, 6.07) is 8.45. The third-order valence-electron chi connectivity index (χ3n) is 5.08. The summed E-state index contributed by atoms with van der Waals surface area (Å²) in [4.78, 5) is 18.5. The molecule has 0 spiro atoms. The fraction of sp³-hybridized carbons (Fsp3) is 0.300. The molecule has 0 bridgehead atoms. The summed E-state index contributed by atoms with van der Waals surface area (Å²) < 4.78 is 28.9. The normalized spacial score (nSPS) is 13.8. The Bertz CT molecular complexity index is 1130. The number of nitrogens with one attached hydrogen (secondary N) is 2. The van der Waals surface area contributed by atoms with Crippen molar-refractivity contribution in [2.24, 2.45) is 0 Å². The van der Waals surface area contributed by atoms with Crippen molar-refractivity contribution in [1.82, 2.24) is 19.6 Å². The van der Waals surface area contributed by atoms with E-state index in [2.05, 4.69) is 19.6 Å². The molecule has 0 atom stereocenters. The zero-order valence-electron chi connectivity index (χ0n) is 16.0. The van der Waals surface area contributed by atoms with Crippen molar-refractivity contribution in [3.8, 4) is 10.4 Å². The molecular weight excluding hydrogens is 408 g/mol. The summed E-state index contributed by atoms with van der Waals surface area (Å²) in [6.45, 7) is 1.26. The predicted molar refractivity (Wildman–Crippen MR) is 112 cm³/mol. The number of fused-ring (bicyclic) bond motifs is 1. The molecule has 29 heavy (non-hydrogen) atoms. The minimum Gasteiger partial charge on any atom is -0.346 e. The Balaban J connectivity index is 1.64. The second-order valence-corrected chi connectivity index (χ2v) is 9.68. The van der Waals surface area contributed by atoms with Gasteiger partial charge in [0.1, 0.15) is 5.82 Å². The van der Waals surface area contributed by atoms with E-state index >= 15 is 0 Å². The summed E-state index contributed by atoms with van der Waals surface area (Å²) in [5.74, 6) is 0.745. The highest BCUT2D eigenvalue weighted by molar-refractivity contribution is 7.89. The van der Waals surface area contributed by atoms with Gasteiger partial charge in [0, 0.05) is 29.0 Å². The summed E-state index contributed by atoms with van der Waals surface area (Å²) in [5, 5.41) is 4.86. The number of nitrogens with zero attached hydrogens (tertiary/aromatic N) is 2. The Hall–Kier alpha value is -2.49. The van der Waals surface area contributed by atoms with Gasteiger partial charge in [0.05, 0.1) is 23.3 Å². The monoisotopic (exact) mass is 430 g/mol. The van der Waals surface area contributed by atoms with Crippen LogP contribution in [0.3, 0.4) is 0 Å². The van der Waals surface area contributed by atoms with Crippen LogP contribution in [0.5, 0.6) is 0 Å². The quantitative estimate of drug-likeness (QED) is 0.629. The highest BCUT2D eigenvalue weighted by atomic mass is 32.2. The van der Waals surface area contributed by atoms with Gasteiger partial charge in [-0.1, -0.05) is 12.1 Å². The van der Waals surface area contributed by atoms with Gasteiger partial charge in [-0.25, -0.2) is 18.1 Å². The number of benzene rings is 1. The highest BCUT2D eigenvalue weighted by Crippen LogP contribution is 2.30. The zero-order valence-corrected chi connectivity index (χ0v) is 17.6. The van der Waals surface area contributed by atoms with Crippen LogP contribution in [0.2, 0.25) is 0 Å². The molecule has 2 N–H and O–H groups in total. The largest absolute Gasteiger partial charge is 0.346 e. The number of carbonyl (C=O) groups is 1. The molecule has 0 fully saturated rings. The lowest BCUT2D eigenvalue weighted by Crippen LogP contribution is -2.26. The van der Waals surface area contributed by atoms with Gasteiger partial charge in [-0.05, 0) is 43.5 Å². The number of amides is 1. The van der Waals surface area contributed by atoms with Crippen LogP contribution in [0.4, 0.5) is 0 Å². The lowest BCUT2D eigenvalue weighted by molar-refractivity contribution is 0.0950. The van der Waals surface area contributed by atoms with E-state index in [0.29, 0.717) is 17.7 Å². The maximum absolute atomic E-state index is 13.0. The smallest absolute Gasteiger partial charge is 0.252 e. The molecule has 0 unspecified atom stereocenters. The van der Waals surface area contributed by atoms with Crippen LogP contribution in [0, 0.1) is 0 Å². The molecule has 0 saturated carbocycles. The number of carbonyl (C=O) groups excluding carboxylic acids is 1. The van der Waals surface area contributed by atoms with Crippen molar-refractivity contribution < 1.29 is 13.2 Å². The molecule has 1 amide bonds. The van der Waals surface area contributed by atoms with E-state index in [4.69, 9.17) is 0 Å². The first kappa shape index (κ1) is 19.8. The zero-order chi connectivity index (χ0) is 20.4. The van der Waals surface area contributed by atoms with Crippen LogP contribution in [0.1, 0.15) is 34.7 Å². The predicted octanol–water partition coefficient (Wildman–Crippen LogP) is 2.79. The second kappa shape index (κ2) is 8.10. The number of imidazole rings is 1. The molecule has 3 heterocycles. The molecule has 0 saturated heterocycles. The second-order valence-electron chi connectivity index (χ2n) is 6.85. The number of sulfonamides is 1. The maximum Gasteiger partial charge on any atom is 0.252 e. The molecule has 1 aliphatic rings. The van der Waals surface area contributed by atoms with Crippen LogP contribution >= 0.6 is 11.3 Å². The molecule has 0 aliphatic carbocycles. The number of aryl methyl sites for hydroxylation is 1. The van der Waals surface area contributed by atoms with Gasteiger partial charge in [0.25, 0.3) is 5.91 Å². The maximum atomic E-state index is 13.0. The highest BCUT2D eigenvalue weighted by Gasteiger charge is 2.20. The average Bonchev–Trinajstić information content (AvgIpc) is 3.42. The van der Waals surface area contributed by atoms with Gasteiger partial charge in [-0.3, -0.25) is 4.79 Å². The van der Waals surface area contributed by atoms with Crippen molar-refractivity contribution in [2.45, 2.75) is 37.2 Å². The molecule has 3 aromatic rings. The average molecular weight is 431 g/mol. The minimum atomic E-state index is -3.65. The summed E-state index contributed by atoms with van der Waals surface area (Å²) in [5.41, 5.74) is 2.01. The molecular formula is C20H22N4O3S2. The third kappa shape index (κ3) is 3.98. The molecule has 7 nitrogen and oxygen atoms in total. The van der Waals surface area contributed by atoms with E-state index in [0.717, 1.165) is 42.2 Å². The number of hydrogen-bond donors (Lipinski definition) is 2. The Morgan fingerprint density at radius 3 is 2.90 bits per heavy atom. The molecule has 152 valence electrons. The molecule has 1 aliphatic heterocycles. The van der Waals surface area contributed by atoms with Gasteiger partial charge in [-0.2, -0.15) is 0 Å². The van der Waals surface area contributed by atoms with Gasteiger partial charge in [-0.15, -0.1) is 11.3 Å². The van der Waals surface area contributed by atoms with Crippen LogP contribution < -0.4 is 10.0 Å². The Labute approximate surface area is 173 Å². The number of rotatable bonds is 6. The molecule has 9 heteroatoms. The Morgan fingerprint density at radius 1 is 1.28 bits per heavy atom. The third-order valence-corrected chi connectivity index (χ3v) is 7.40. The van der Waals surface area contributed by atoms with Gasteiger partial charge in [0.2, 0.25) is 10.0 Å². The van der Waals surface area contributed by atoms with Crippen molar-refractivity contribution in [3.63, 3.8) is 0 Å². The van der Waals surface area contributed by atoms with Crippen molar-refractivity contribution >= 4 is 27.3 Å². The number of aromatic nitrogens is 2. The van der Waals surface area contributed by atoms with Gasteiger partial charge >= 0.3 is 0 Å².